The maximum Gasteiger partial charge on any atom is 0.120 e. The quantitative estimate of drug-likeness (QED) is 0.487. The molecule has 2 unspecified atom stereocenters. The Morgan fingerprint density at radius 3 is 1.81 bits per heavy atom. The van der Waals surface area contributed by atoms with E-state index in [0.717, 1.165) is 24.5 Å². The summed E-state index contributed by atoms with van der Waals surface area (Å²) in [6.45, 7) is 9.14. The Kier molecular flexibility index (Phi) is 9.66. The third-order valence-corrected chi connectivity index (χ3v) is 3.37. The number of carbonyl (C=O) groups excluding carboxylic acids is 1. The molecule has 0 amide bonds. The van der Waals surface area contributed by atoms with Gasteiger partial charge in [-0.25, -0.2) is 0 Å². The lowest BCUT2D eigenvalue weighted by Gasteiger charge is -2.13. The Bertz CT molecular complexity index is 163. The molecule has 0 saturated carbocycles. The van der Waals surface area contributed by atoms with Gasteiger partial charge in [0.15, 0.2) is 0 Å². The highest BCUT2D eigenvalue weighted by atomic mass is 16.1. The normalized spacial score (nSPS) is 15.1. The second-order valence-electron chi connectivity index (χ2n) is 5.87. The monoisotopic (exact) mass is 226 g/mol. The molecule has 0 aromatic heterocycles. The third-order valence-electron chi connectivity index (χ3n) is 3.37. The van der Waals surface area contributed by atoms with E-state index in [1.165, 1.54) is 38.5 Å². The second-order valence-corrected chi connectivity index (χ2v) is 5.87. The fourth-order valence-electron chi connectivity index (χ4n) is 2.12. The van der Waals surface area contributed by atoms with Crippen molar-refractivity contribution in [1.29, 1.82) is 0 Å². The van der Waals surface area contributed by atoms with E-state index in [2.05, 4.69) is 27.7 Å². The first-order valence-corrected chi connectivity index (χ1v) is 6.99. The van der Waals surface area contributed by atoms with Crippen LogP contribution in [0.3, 0.4) is 0 Å². The van der Waals surface area contributed by atoms with Gasteiger partial charge in [-0.2, -0.15) is 0 Å². The first-order chi connectivity index (χ1) is 7.56. The van der Waals surface area contributed by atoms with E-state index in [4.69, 9.17) is 0 Å². The van der Waals surface area contributed by atoms with Gasteiger partial charge in [-0.05, 0) is 17.8 Å². The number of hydrogen-bond donors (Lipinski definition) is 0. The molecule has 0 bridgehead atoms. The summed E-state index contributed by atoms with van der Waals surface area (Å²) < 4.78 is 0. The molecule has 2 atom stereocenters. The maximum atomic E-state index is 10.3. The summed E-state index contributed by atoms with van der Waals surface area (Å²) in [6, 6.07) is 0. The van der Waals surface area contributed by atoms with Gasteiger partial charge in [0, 0.05) is 6.42 Å². The van der Waals surface area contributed by atoms with Crippen molar-refractivity contribution in [2.24, 2.45) is 17.8 Å². The van der Waals surface area contributed by atoms with Crippen LogP contribution in [0, 0.1) is 17.8 Å². The van der Waals surface area contributed by atoms with Gasteiger partial charge in [-0.15, -0.1) is 0 Å². The molecule has 0 spiro atoms. The molecule has 0 saturated heterocycles. The highest BCUT2D eigenvalue weighted by Crippen LogP contribution is 2.19. The van der Waals surface area contributed by atoms with E-state index in [-0.39, 0.29) is 0 Å². The van der Waals surface area contributed by atoms with Gasteiger partial charge < -0.3 is 4.79 Å². The largest absolute Gasteiger partial charge is 0.303 e. The van der Waals surface area contributed by atoms with Crippen molar-refractivity contribution < 1.29 is 4.79 Å². The minimum Gasteiger partial charge on any atom is -0.303 e. The Labute approximate surface area is 102 Å². The topological polar surface area (TPSA) is 17.1 Å². The Morgan fingerprint density at radius 1 is 0.812 bits per heavy atom. The van der Waals surface area contributed by atoms with Gasteiger partial charge in [0.05, 0.1) is 0 Å². The van der Waals surface area contributed by atoms with Gasteiger partial charge >= 0.3 is 0 Å². The van der Waals surface area contributed by atoms with Gasteiger partial charge in [0.25, 0.3) is 0 Å². The smallest absolute Gasteiger partial charge is 0.120 e. The molecule has 96 valence electrons. The SMILES string of the molecule is CC(C)CCCC(C)CCCC(C)CC=O. The third kappa shape index (κ3) is 10.2. The van der Waals surface area contributed by atoms with Gasteiger partial charge in [-0.3, -0.25) is 0 Å². The average Bonchev–Trinajstić information content (AvgIpc) is 2.17. The minimum absolute atomic E-state index is 0.584. The summed E-state index contributed by atoms with van der Waals surface area (Å²) in [5, 5.41) is 0. The fourth-order valence-corrected chi connectivity index (χ4v) is 2.12. The summed E-state index contributed by atoms with van der Waals surface area (Å²) in [6.07, 6.45) is 9.75. The Hall–Kier alpha value is -0.330. The molecule has 0 aliphatic rings. The molecule has 0 aliphatic carbocycles. The van der Waals surface area contributed by atoms with Crippen molar-refractivity contribution in [1.82, 2.24) is 0 Å². The summed E-state index contributed by atoms with van der Waals surface area (Å²) in [4.78, 5) is 10.3. The predicted molar refractivity (Wildman–Crippen MR) is 71.5 cm³/mol. The zero-order chi connectivity index (χ0) is 12.4. The predicted octanol–water partition coefficient (Wildman–Crippen LogP) is 4.84. The molecule has 16 heavy (non-hydrogen) atoms. The van der Waals surface area contributed by atoms with Crippen molar-refractivity contribution in [3.8, 4) is 0 Å². The van der Waals surface area contributed by atoms with Crippen molar-refractivity contribution in [2.45, 2.75) is 72.6 Å². The van der Waals surface area contributed by atoms with Gasteiger partial charge in [-0.1, -0.05) is 66.2 Å². The first-order valence-electron chi connectivity index (χ1n) is 6.99. The second kappa shape index (κ2) is 9.86. The Morgan fingerprint density at radius 2 is 1.31 bits per heavy atom. The minimum atomic E-state index is 0.584. The molecule has 1 nitrogen and oxygen atoms in total. The lowest BCUT2D eigenvalue weighted by Crippen LogP contribution is -2.00. The standard InChI is InChI=1S/C15H30O/c1-13(2)7-5-8-14(3)9-6-10-15(4)11-12-16/h12-15H,5-11H2,1-4H3. The zero-order valence-corrected chi connectivity index (χ0v) is 11.7. The van der Waals surface area contributed by atoms with Crippen LogP contribution in [0.15, 0.2) is 0 Å². The van der Waals surface area contributed by atoms with Crippen LogP contribution in [0.4, 0.5) is 0 Å². The molecule has 0 fully saturated rings. The number of rotatable bonds is 10. The van der Waals surface area contributed by atoms with Crippen molar-refractivity contribution in [3.63, 3.8) is 0 Å². The highest BCUT2D eigenvalue weighted by Gasteiger charge is 2.05. The van der Waals surface area contributed by atoms with Crippen molar-refractivity contribution >= 4 is 6.29 Å². The van der Waals surface area contributed by atoms with E-state index in [1.807, 2.05) is 0 Å². The average molecular weight is 226 g/mol. The molecule has 0 N–H and O–H groups in total. The molecular weight excluding hydrogens is 196 g/mol. The van der Waals surface area contributed by atoms with Gasteiger partial charge in [0.2, 0.25) is 0 Å². The summed E-state index contributed by atoms with van der Waals surface area (Å²) in [5.41, 5.74) is 0. The van der Waals surface area contributed by atoms with Crippen LogP contribution in [-0.4, -0.2) is 6.29 Å². The number of carbonyl (C=O) groups is 1. The van der Waals surface area contributed by atoms with E-state index in [0.29, 0.717) is 5.92 Å². The van der Waals surface area contributed by atoms with Crippen LogP contribution in [0.25, 0.3) is 0 Å². The molecule has 1 heteroatoms. The van der Waals surface area contributed by atoms with Crippen molar-refractivity contribution in [2.75, 3.05) is 0 Å². The lowest BCUT2D eigenvalue weighted by molar-refractivity contribution is -0.108. The Balaban J connectivity index is 3.36. The van der Waals surface area contributed by atoms with E-state index in [1.54, 1.807) is 0 Å². The summed E-state index contributed by atoms with van der Waals surface area (Å²) in [5.74, 6) is 2.29. The number of aldehydes is 1. The van der Waals surface area contributed by atoms with Crippen LogP contribution in [0.2, 0.25) is 0 Å². The van der Waals surface area contributed by atoms with Crippen LogP contribution < -0.4 is 0 Å². The first kappa shape index (κ1) is 15.7. The molecular formula is C15H30O. The molecule has 0 aromatic rings. The fraction of sp³-hybridized carbons (Fsp3) is 0.933. The van der Waals surface area contributed by atoms with Crippen molar-refractivity contribution in [3.05, 3.63) is 0 Å². The van der Waals surface area contributed by atoms with Crippen LogP contribution in [0.5, 0.6) is 0 Å². The van der Waals surface area contributed by atoms with Crippen LogP contribution in [0.1, 0.15) is 72.6 Å². The summed E-state index contributed by atoms with van der Waals surface area (Å²) in [7, 11) is 0. The molecule has 0 heterocycles. The zero-order valence-electron chi connectivity index (χ0n) is 11.7. The van der Waals surface area contributed by atoms with Crippen LogP contribution >= 0.6 is 0 Å². The number of hydrogen-bond acceptors (Lipinski definition) is 1. The lowest BCUT2D eigenvalue weighted by atomic mass is 9.93. The van der Waals surface area contributed by atoms with E-state index >= 15 is 0 Å². The highest BCUT2D eigenvalue weighted by molar-refractivity contribution is 5.49. The van der Waals surface area contributed by atoms with E-state index < -0.39 is 0 Å². The molecule has 0 radical (unpaired) electrons. The van der Waals surface area contributed by atoms with Gasteiger partial charge in [0.1, 0.15) is 6.29 Å². The molecule has 0 aliphatic heterocycles. The molecule has 0 rings (SSSR count). The molecule has 0 aromatic carbocycles. The summed E-state index contributed by atoms with van der Waals surface area (Å²) >= 11 is 0. The van der Waals surface area contributed by atoms with E-state index in [9.17, 15) is 4.79 Å². The van der Waals surface area contributed by atoms with Crippen LogP contribution in [-0.2, 0) is 4.79 Å². The maximum absolute atomic E-state index is 10.3.